The summed E-state index contributed by atoms with van der Waals surface area (Å²) in [6.07, 6.45) is 4.41. The molecule has 0 N–H and O–H groups in total. The van der Waals surface area contributed by atoms with E-state index in [0.717, 1.165) is 30.0 Å². The molecule has 0 saturated heterocycles. The number of alkyl halides is 1. The highest BCUT2D eigenvalue weighted by atomic mass is 79.9. The van der Waals surface area contributed by atoms with Crippen LogP contribution in [-0.4, -0.2) is 28.8 Å². The van der Waals surface area contributed by atoms with Crippen LogP contribution in [0.2, 0.25) is 0 Å². The molecular formula is C13H21BrN2. The van der Waals surface area contributed by atoms with Gasteiger partial charge in [0.1, 0.15) is 0 Å². The van der Waals surface area contributed by atoms with E-state index in [9.17, 15) is 0 Å². The molecule has 90 valence electrons. The van der Waals surface area contributed by atoms with Crippen molar-refractivity contribution in [2.45, 2.75) is 26.3 Å². The van der Waals surface area contributed by atoms with Gasteiger partial charge in [-0.1, -0.05) is 35.3 Å². The van der Waals surface area contributed by atoms with Crippen LogP contribution in [0.3, 0.4) is 0 Å². The van der Waals surface area contributed by atoms with E-state index in [1.807, 2.05) is 18.3 Å². The third kappa shape index (κ3) is 5.08. The van der Waals surface area contributed by atoms with Crippen molar-refractivity contribution >= 4 is 15.9 Å². The lowest BCUT2D eigenvalue weighted by atomic mass is 10.1. The number of pyridine rings is 1. The summed E-state index contributed by atoms with van der Waals surface area (Å²) >= 11 is 3.59. The maximum absolute atomic E-state index is 4.34. The van der Waals surface area contributed by atoms with Crippen LogP contribution in [0.4, 0.5) is 0 Å². The fourth-order valence-electron chi connectivity index (χ4n) is 1.90. The Labute approximate surface area is 107 Å². The Morgan fingerprint density at radius 3 is 2.81 bits per heavy atom. The molecule has 0 spiro atoms. The maximum Gasteiger partial charge on any atom is 0.0543 e. The minimum atomic E-state index is 0.749. The van der Waals surface area contributed by atoms with Crippen molar-refractivity contribution in [1.29, 1.82) is 0 Å². The van der Waals surface area contributed by atoms with Crippen molar-refractivity contribution in [3.8, 4) is 0 Å². The van der Waals surface area contributed by atoms with E-state index < -0.39 is 0 Å². The first-order valence-electron chi connectivity index (χ1n) is 5.90. The molecule has 0 amide bonds. The highest BCUT2D eigenvalue weighted by Crippen LogP contribution is 2.12. The number of rotatable bonds is 7. The molecule has 1 heterocycles. The monoisotopic (exact) mass is 284 g/mol. The van der Waals surface area contributed by atoms with E-state index in [1.165, 1.54) is 12.8 Å². The standard InChI is InChI=1S/C13H21BrN2/c1-3-6-12(9-14)10-16(2)11-13-7-4-5-8-15-13/h4-5,7-8,12H,3,6,9-11H2,1-2H3. The van der Waals surface area contributed by atoms with Crippen LogP contribution in [-0.2, 0) is 6.54 Å². The quantitative estimate of drug-likeness (QED) is 0.714. The fraction of sp³-hybridized carbons (Fsp3) is 0.615. The summed E-state index contributed by atoms with van der Waals surface area (Å²) in [6, 6.07) is 6.09. The Kier molecular flexibility index (Phi) is 6.65. The molecule has 0 aromatic carbocycles. The highest BCUT2D eigenvalue weighted by molar-refractivity contribution is 9.09. The van der Waals surface area contributed by atoms with Crippen molar-refractivity contribution in [3.05, 3.63) is 30.1 Å². The van der Waals surface area contributed by atoms with Gasteiger partial charge < -0.3 is 4.90 Å². The van der Waals surface area contributed by atoms with Crippen LogP contribution in [0.5, 0.6) is 0 Å². The van der Waals surface area contributed by atoms with Gasteiger partial charge in [-0.2, -0.15) is 0 Å². The number of halogens is 1. The van der Waals surface area contributed by atoms with Gasteiger partial charge >= 0.3 is 0 Å². The summed E-state index contributed by atoms with van der Waals surface area (Å²) in [5.74, 6) is 0.749. The molecule has 1 aromatic rings. The summed E-state index contributed by atoms with van der Waals surface area (Å²) in [4.78, 5) is 6.70. The fourth-order valence-corrected chi connectivity index (χ4v) is 2.43. The van der Waals surface area contributed by atoms with E-state index in [2.05, 4.69) is 45.9 Å². The highest BCUT2D eigenvalue weighted by Gasteiger charge is 2.09. The molecule has 1 atom stereocenters. The Morgan fingerprint density at radius 1 is 1.44 bits per heavy atom. The summed E-state index contributed by atoms with van der Waals surface area (Å²) in [7, 11) is 2.17. The van der Waals surface area contributed by atoms with Crippen molar-refractivity contribution in [2.75, 3.05) is 18.9 Å². The molecule has 3 heteroatoms. The van der Waals surface area contributed by atoms with E-state index in [0.29, 0.717) is 0 Å². The molecule has 0 aliphatic carbocycles. The summed E-state index contributed by atoms with van der Waals surface area (Å²) in [6.45, 7) is 4.32. The van der Waals surface area contributed by atoms with Crippen LogP contribution >= 0.6 is 15.9 Å². The van der Waals surface area contributed by atoms with Crippen LogP contribution in [0, 0.1) is 5.92 Å². The van der Waals surface area contributed by atoms with E-state index in [4.69, 9.17) is 0 Å². The number of nitrogens with zero attached hydrogens (tertiary/aromatic N) is 2. The van der Waals surface area contributed by atoms with Gasteiger partial charge in [0.05, 0.1) is 5.69 Å². The van der Waals surface area contributed by atoms with Gasteiger partial charge in [-0.3, -0.25) is 4.98 Å². The molecule has 0 saturated carbocycles. The summed E-state index contributed by atoms with van der Waals surface area (Å²) in [5.41, 5.74) is 1.15. The predicted octanol–water partition coefficient (Wildman–Crippen LogP) is 3.32. The molecule has 0 aliphatic heterocycles. The Morgan fingerprint density at radius 2 is 2.25 bits per heavy atom. The number of aromatic nitrogens is 1. The lowest BCUT2D eigenvalue weighted by Gasteiger charge is -2.22. The molecule has 1 unspecified atom stereocenters. The van der Waals surface area contributed by atoms with Crippen LogP contribution < -0.4 is 0 Å². The normalized spacial score (nSPS) is 13.0. The third-order valence-electron chi connectivity index (χ3n) is 2.64. The molecule has 0 radical (unpaired) electrons. The molecule has 0 aliphatic rings. The lowest BCUT2D eigenvalue weighted by Crippen LogP contribution is -2.26. The average Bonchev–Trinajstić information content (AvgIpc) is 2.29. The van der Waals surface area contributed by atoms with Gasteiger partial charge in [0.2, 0.25) is 0 Å². The first kappa shape index (κ1) is 13.7. The molecule has 1 aromatic heterocycles. The Hall–Kier alpha value is -0.410. The largest absolute Gasteiger partial charge is 0.300 e. The molecule has 2 nitrogen and oxygen atoms in total. The van der Waals surface area contributed by atoms with Crippen LogP contribution in [0.1, 0.15) is 25.5 Å². The Balaban J connectivity index is 2.37. The second kappa shape index (κ2) is 7.80. The average molecular weight is 285 g/mol. The second-order valence-electron chi connectivity index (χ2n) is 4.33. The van der Waals surface area contributed by atoms with Gasteiger partial charge in [0, 0.05) is 24.6 Å². The first-order chi connectivity index (χ1) is 7.76. The lowest BCUT2D eigenvalue weighted by molar-refractivity contribution is 0.271. The third-order valence-corrected chi connectivity index (χ3v) is 3.56. The van der Waals surface area contributed by atoms with Crippen molar-refractivity contribution < 1.29 is 0 Å². The van der Waals surface area contributed by atoms with E-state index >= 15 is 0 Å². The predicted molar refractivity (Wildman–Crippen MR) is 72.8 cm³/mol. The van der Waals surface area contributed by atoms with Crippen molar-refractivity contribution in [1.82, 2.24) is 9.88 Å². The first-order valence-corrected chi connectivity index (χ1v) is 7.02. The number of hydrogen-bond acceptors (Lipinski definition) is 2. The zero-order valence-corrected chi connectivity index (χ0v) is 11.8. The molecular weight excluding hydrogens is 264 g/mol. The van der Waals surface area contributed by atoms with Gasteiger partial charge in [-0.05, 0) is 31.5 Å². The van der Waals surface area contributed by atoms with Crippen LogP contribution in [0.15, 0.2) is 24.4 Å². The second-order valence-corrected chi connectivity index (χ2v) is 4.97. The summed E-state index contributed by atoms with van der Waals surface area (Å²) < 4.78 is 0. The van der Waals surface area contributed by atoms with Gasteiger partial charge in [-0.25, -0.2) is 0 Å². The minimum Gasteiger partial charge on any atom is -0.300 e. The van der Waals surface area contributed by atoms with Gasteiger partial charge in [0.15, 0.2) is 0 Å². The maximum atomic E-state index is 4.34. The molecule has 1 rings (SSSR count). The van der Waals surface area contributed by atoms with E-state index in [-0.39, 0.29) is 0 Å². The van der Waals surface area contributed by atoms with Gasteiger partial charge in [-0.15, -0.1) is 0 Å². The topological polar surface area (TPSA) is 16.1 Å². The zero-order valence-electron chi connectivity index (χ0n) is 10.2. The Bertz CT molecular complexity index is 277. The SMILES string of the molecule is CCCC(CBr)CN(C)Cc1ccccn1. The molecule has 16 heavy (non-hydrogen) atoms. The smallest absolute Gasteiger partial charge is 0.0543 e. The zero-order chi connectivity index (χ0) is 11.8. The molecule has 0 fully saturated rings. The summed E-state index contributed by atoms with van der Waals surface area (Å²) in [5, 5.41) is 1.09. The van der Waals surface area contributed by atoms with Crippen molar-refractivity contribution in [3.63, 3.8) is 0 Å². The van der Waals surface area contributed by atoms with E-state index in [1.54, 1.807) is 0 Å². The van der Waals surface area contributed by atoms with Crippen LogP contribution in [0.25, 0.3) is 0 Å². The minimum absolute atomic E-state index is 0.749. The number of hydrogen-bond donors (Lipinski definition) is 0. The van der Waals surface area contributed by atoms with Gasteiger partial charge in [0.25, 0.3) is 0 Å². The molecule has 0 bridgehead atoms. The van der Waals surface area contributed by atoms with Crippen molar-refractivity contribution in [2.24, 2.45) is 5.92 Å².